The van der Waals surface area contributed by atoms with Crippen molar-refractivity contribution in [1.82, 2.24) is 10.2 Å². The van der Waals surface area contributed by atoms with Crippen LogP contribution in [0.3, 0.4) is 0 Å². The van der Waals surface area contributed by atoms with Crippen LogP contribution < -0.4 is 10.1 Å². The van der Waals surface area contributed by atoms with Crippen LogP contribution in [-0.2, 0) is 4.79 Å². The van der Waals surface area contributed by atoms with Crippen LogP contribution in [0.2, 0.25) is 0 Å². The fourth-order valence-electron chi connectivity index (χ4n) is 2.48. The van der Waals surface area contributed by atoms with Crippen molar-refractivity contribution in [2.75, 3.05) is 19.6 Å². The second kappa shape index (κ2) is 7.80. The SMILES string of the molecule is CCN1CCC(NC(=O)[C@H](C)Oc2ccc(Br)cc2)CC1. The van der Waals surface area contributed by atoms with Gasteiger partial charge in [0.25, 0.3) is 5.91 Å². The third-order valence-corrected chi connectivity index (χ3v) is 4.41. The fourth-order valence-corrected chi connectivity index (χ4v) is 2.75. The van der Waals surface area contributed by atoms with E-state index in [-0.39, 0.29) is 11.9 Å². The molecule has 0 radical (unpaired) electrons. The number of piperidine rings is 1. The summed E-state index contributed by atoms with van der Waals surface area (Å²) >= 11 is 3.38. The number of carbonyl (C=O) groups is 1. The van der Waals surface area contributed by atoms with Gasteiger partial charge in [-0.2, -0.15) is 0 Å². The molecule has 1 amide bonds. The minimum absolute atomic E-state index is 0.0344. The second-order valence-electron chi connectivity index (χ2n) is 5.43. The predicted molar refractivity (Wildman–Crippen MR) is 87.5 cm³/mol. The van der Waals surface area contributed by atoms with Crippen molar-refractivity contribution in [1.29, 1.82) is 0 Å². The second-order valence-corrected chi connectivity index (χ2v) is 6.35. The molecule has 116 valence electrons. The van der Waals surface area contributed by atoms with Crippen LogP contribution in [-0.4, -0.2) is 42.6 Å². The van der Waals surface area contributed by atoms with E-state index in [1.807, 2.05) is 24.3 Å². The zero-order valence-corrected chi connectivity index (χ0v) is 14.2. The first-order chi connectivity index (χ1) is 10.1. The molecule has 5 heteroatoms. The number of nitrogens with zero attached hydrogens (tertiary/aromatic N) is 1. The van der Waals surface area contributed by atoms with E-state index in [4.69, 9.17) is 4.74 Å². The molecule has 0 unspecified atom stereocenters. The van der Waals surface area contributed by atoms with E-state index in [9.17, 15) is 4.79 Å². The van der Waals surface area contributed by atoms with Gasteiger partial charge in [-0.1, -0.05) is 22.9 Å². The van der Waals surface area contributed by atoms with Gasteiger partial charge in [-0.3, -0.25) is 4.79 Å². The lowest BCUT2D eigenvalue weighted by molar-refractivity contribution is -0.128. The van der Waals surface area contributed by atoms with Crippen LogP contribution in [0.15, 0.2) is 28.7 Å². The number of hydrogen-bond donors (Lipinski definition) is 1. The summed E-state index contributed by atoms with van der Waals surface area (Å²) in [6, 6.07) is 7.79. The van der Waals surface area contributed by atoms with Gasteiger partial charge in [0.15, 0.2) is 6.10 Å². The fraction of sp³-hybridized carbons (Fsp3) is 0.562. The summed E-state index contributed by atoms with van der Waals surface area (Å²) in [4.78, 5) is 14.6. The summed E-state index contributed by atoms with van der Waals surface area (Å²) in [5, 5.41) is 3.10. The highest BCUT2D eigenvalue weighted by molar-refractivity contribution is 9.10. The van der Waals surface area contributed by atoms with E-state index in [1.54, 1.807) is 6.92 Å². The summed E-state index contributed by atoms with van der Waals surface area (Å²) < 4.78 is 6.67. The molecule has 1 N–H and O–H groups in total. The number of benzene rings is 1. The summed E-state index contributed by atoms with van der Waals surface area (Å²) in [7, 11) is 0. The standard InChI is InChI=1S/C16H23BrN2O2/c1-3-19-10-8-14(9-11-19)18-16(20)12(2)21-15-6-4-13(17)5-7-15/h4-7,12,14H,3,8-11H2,1-2H3,(H,18,20)/t12-/m0/s1. The lowest BCUT2D eigenvalue weighted by Crippen LogP contribution is -2.48. The first-order valence-corrected chi connectivity index (χ1v) is 8.32. The van der Waals surface area contributed by atoms with Crippen LogP contribution in [0.4, 0.5) is 0 Å². The lowest BCUT2D eigenvalue weighted by Gasteiger charge is -2.32. The Morgan fingerprint density at radius 3 is 2.57 bits per heavy atom. The minimum atomic E-state index is -0.476. The Balaban J connectivity index is 1.78. The van der Waals surface area contributed by atoms with Crippen LogP contribution in [0.1, 0.15) is 26.7 Å². The van der Waals surface area contributed by atoms with Crippen molar-refractivity contribution in [3.8, 4) is 5.75 Å². The van der Waals surface area contributed by atoms with E-state index in [2.05, 4.69) is 33.1 Å². The van der Waals surface area contributed by atoms with Crippen molar-refractivity contribution in [3.63, 3.8) is 0 Å². The number of rotatable bonds is 5. The van der Waals surface area contributed by atoms with Crippen LogP contribution in [0.5, 0.6) is 5.75 Å². The van der Waals surface area contributed by atoms with Gasteiger partial charge in [0.2, 0.25) is 0 Å². The summed E-state index contributed by atoms with van der Waals surface area (Å²) in [5.74, 6) is 0.675. The third-order valence-electron chi connectivity index (χ3n) is 3.88. The maximum atomic E-state index is 12.2. The number of halogens is 1. The number of hydrogen-bond acceptors (Lipinski definition) is 3. The molecule has 0 bridgehead atoms. The Kier molecular flexibility index (Phi) is 6.06. The van der Waals surface area contributed by atoms with E-state index < -0.39 is 6.10 Å². The minimum Gasteiger partial charge on any atom is -0.481 e. The molecular formula is C16H23BrN2O2. The number of ether oxygens (including phenoxy) is 1. The topological polar surface area (TPSA) is 41.6 Å². The molecule has 1 atom stereocenters. The smallest absolute Gasteiger partial charge is 0.260 e. The number of amides is 1. The van der Waals surface area contributed by atoms with Gasteiger partial charge >= 0.3 is 0 Å². The predicted octanol–water partition coefficient (Wildman–Crippen LogP) is 2.82. The van der Waals surface area contributed by atoms with E-state index in [0.29, 0.717) is 5.75 Å². The number of nitrogens with one attached hydrogen (secondary N) is 1. The average Bonchev–Trinajstić information content (AvgIpc) is 2.50. The van der Waals surface area contributed by atoms with Gasteiger partial charge in [-0.05, 0) is 50.6 Å². The number of carbonyl (C=O) groups excluding carboxylic acids is 1. The van der Waals surface area contributed by atoms with Gasteiger partial charge in [0, 0.05) is 23.6 Å². The Morgan fingerprint density at radius 1 is 1.38 bits per heavy atom. The van der Waals surface area contributed by atoms with Crippen molar-refractivity contribution < 1.29 is 9.53 Å². The maximum Gasteiger partial charge on any atom is 0.260 e. The van der Waals surface area contributed by atoms with E-state index >= 15 is 0 Å². The molecule has 1 saturated heterocycles. The highest BCUT2D eigenvalue weighted by atomic mass is 79.9. The molecule has 21 heavy (non-hydrogen) atoms. The largest absolute Gasteiger partial charge is 0.481 e. The van der Waals surface area contributed by atoms with E-state index in [1.165, 1.54) is 0 Å². The molecule has 2 rings (SSSR count). The van der Waals surface area contributed by atoms with Crippen molar-refractivity contribution >= 4 is 21.8 Å². The highest BCUT2D eigenvalue weighted by Crippen LogP contribution is 2.17. The van der Waals surface area contributed by atoms with Crippen molar-refractivity contribution in [2.45, 2.75) is 38.8 Å². The monoisotopic (exact) mass is 354 g/mol. The molecule has 0 aliphatic carbocycles. The Morgan fingerprint density at radius 2 is 2.00 bits per heavy atom. The Hall–Kier alpha value is -1.07. The zero-order valence-electron chi connectivity index (χ0n) is 12.6. The first kappa shape index (κ1) is 16.3. The number of likely N-dealkylation sites (tertiary alicyclic amines) is 1. The van der Waals surface area contributed by atoms with Gasteiger partial charge in [0.05, 0.1) is 0 Å². The lowest BCUT2D eigenvalue weighted by atomic mass is 10.0. The molecule has 1 aliphatic rings. The normalized spacial score (nSPS) is 18.2. The van der Waals surface area contributed by atoms with E-state index in [0.717, 1.165) is 36.9 Å². The molecule has 4 nitrogen and oxygen atoms in total. The molecular weight excluding hydrogens is 332 g/mol. The molecule has 0 aromatic heterocycles. The molecule has 1 fully saturated rings. The van der Waals surface area contributed by atoms with Gasteiger partial charge < -0.3 is 15.0 Å². The molecule has 1 aromatic rings. The Bertz CT molecular complexity index is 456. The van der Waals surface area contributed by atoms with Crippen LogP contribution >= 0.6 is 15.9 Å². The van der Waals surface area contributed by atoms with Crippen molar-refractivity contribution in [2.24, 2.45) is 0 Å². The quantitative estimate of drug-likeness (QED) is 0.883. The first-order valence-electron chi connectivity index (χ1n) is 7.53. The van der Waals surface area contributed by atoms with Crippen LogP contribution in [0.25, 0.3) is 0 Å². The average molecular weight is 355 g/mol. The summed E-state index contributed by atoms with van der Waals surface area (Å²) in [6.07, 6.45) is 1.56. The van der Waals surface area contributed by atoms with Gasteiger partial charge in [0.1, 0.15) is 5.75 Å². The summed E-state index contributed by atoms with van der Waals surface area (Å²) in [5.41, 5.74) is 0. The van der Waals surface area contributed by atoms with Crippen LogP contribution in [0, 0.1) is 0 Å². The Labute approximate surface area is 135 Å². The maximum absolute atomic E-state index is 12.2. The molecule has 0 saturated carbocycles. The highest BCUT2D eigenvalue weighted by Gasteiger charge is 2.22. The van der Waals surface area contributed by atoms with Crippen molar-refractivity contribution in [3.05, 3.63) is 28.7 Å². The zero-order chi connectivity index (χ0) is 15.2. The molecule has 1 aromatic carbocycles. The molecule has 1 heterocycles. The molecule has 0 spiro atoms. The van der Waals surface area contributed by atoms with Gasteiger partial charge in [-0.25, -0.2) is 0 Å². The third kappa shape index (κ3) is 5.00. The van der Waals surface area contributed by atoms with Gasteiger partial charge in [-0.15, -0.1) is 0 Å². The molecule has 1 aliphatic heterocycles. The summed E-state index contributed by atoms with van der Waals surface area (Å²) in [6.45, 7) is 7.17.